The summed E-state index contributed by atoms with van der Waals surface area (Å²) in [6.07, 6.45) is 0.934. The molecule has 3 heterocycles. The second-order valence-electron chi connectivity index (χ2n) is 7.63. The van der Waals surface area contributed by atoms with Crippen LogP contribution in [0.25, 0.3) is 0 Å². The number of rotatable bonds is 4. The number of ether oxygens (including phenoxy) is 2. The molecule has 1 aromatic rings. The summed E-state index contributed by atoms with van der Waals surface area (Å²) in [4.78, 5) is 21.4. The Kier molecular flexibility index (Phi) is 5.78. The lowest BCUT2D eigenvalue weighted by Gasteiger charge is -2.31. The van der Waals surface area contributed by atoms with E-state index in [2.05, 4.69) is 30.8 Å². The molecule has 140 valence electrons. The van der Waals surface area contributed by atoms with Crippen molar-refractivity contribution in [3.63, 3.8) is 0 Å². The summed E-state index contributed by atoms with van der Waals surface area (Å²) < 4.78 is 12.0. The van der Waals surface area contributed by atoms with Crippen molar-refractivity contribution in [1.29, 1.82) is 0 Å². The summed E-state index contributed by atoms with van der Waals surface area (Å²) in [5, 5.41) is 2.75. The van der Waals surface area contributed by atoms with Gasteiger partial charge in [0.25, 0.3) is 5.91 Å². The van der Waals surface area contributed by atoms with Gasteiger partial charge < -0.3 is 19.3 Å². The summed E-state index contributed by atoms with van der Waals surface area (Å²) >= 11 is 1.51. The number of carbonyl (C=O) groups excluding carboxylic acids is 1. The van der Waals surface area contributed by atoms with Crippen molar-refractivity contribution < 1.29 is 14.3 Å². The second kappa shape index (κ2) is 7.70. The first kappa shape index (κ1) is 18.8. The average molecular weight is 368 g/mol. The molecule has 3 rings (SSSR count). The largest absolute Gasteiger partial charge is 0.377 e. The maximum atomic E-state index is 12.8. The Morgan fingerprint density at radius 1 is 1.56 bits per heavy atom. The SMILES string of the molecule is Cc1nc(C(=O)N2CCOCC3(CC(CN(C)C(C)C)CO3)C2)cs1. The van der Waals surface area contributed by atoms with Gasteiger partial charge >= 0.3 is 0 Å². The predicted octanol–water partition coefficient (Wildman–Crippen LogP) is 2.04. The Balaban J connectivity index is 1.67. The molecular formula is C18H29N3O3S. The molecule has 2 atom stereocenters. The van der Waals surface area contributed by atoms with E-state index in [4.69, 9.17) is 9.47 Å². The number of nitrogens with zero attached hydrogens (tertiary/aromatic N) is 3. The molecule has 2 saturated heterocycles. The van der Waals surface area contributed by atoms with Crippen molar-refractivity contribution >= 4 is 17.2 Å². The first-order chi connectivity index (χ1) is 11.9. The van der Waals surface area contributed by atoms with Crippen molar-refractivity contribution in [2.75, 3.05) is 46.5 Å². The first-order valence-corrected chi connectivity index (χ1v) is 9.90. The van der Waals surface area contributed by atoms with Gasteiger partial charge in [-0.05, 0) is 40.2 Å². The zero-order chi connectivity index (χ0) is 18.0. The molecule has 25 heavy (non-hydrogen) atoms. The van der Waals surface area contributed by atoms with Crippen LogP contribution in [0.4, 0.5) is 0 Å². The van der Waals surface area contributed by atoms with Gasteiger partial charge in [0.05, 0.1) is 31.4 Å². The summed E-state index contributed by atoms with van der Waals surface area (Å²) in [5.41, 5.74) is 0.160. The quantitative estimate of drug-likeness (QED) is 0.815. The highest BCUT2D eigenvalue weighted by Gasteiger charge is 2.44. The summed E-state index contributed by atoms with van der Waals surface area (Å²) in [7, 11) is 2.15. The van der Waals surface area contributed by atoms with Crippen LogP contribution < -0.4 is 0 Å². The van der Waals surface area contributed by atoms with Gasteiger partial charge in [-0.3, -0.25) is 4.79 Å². The molecule has 0 radical (unpaired) electrons. The van der Waals surface area contributed by atoms with Crippen molar-refractivity contribution in [1.82, 2.24) is 14.8 Å². The van der Waals surface area contributed by atoms with E-state index in [1.165, 1.54) is 11.3 Å². The smallest absolute Gasteiger partial charge is 0.273 e. The van der Waals surface area contributed by atoms with Gasteiger partial charge in [0, 0.05) is 24.5 Å². The Hall–Kier alpha value is -1.02. The molecule has 1 amide bonds. The maximum Gasteiger partial charge on any atom is 0.273 e. The van der Waals surface area contributed by atoms with E-state index >= 15 is 0 Å². The molecule has 2 aliphatic heterocycles. The normalized spacial score (nSPS) is 27.4. The monoisotopic (exact) mass is 367 g/mol. The molecule has 2 fully saturated rings. The number of aromatic nitrogens is 1. The number of amides is 1. The third kappa shape index (κ3) is 4.39. The standard InChI is InChI=1S/C18H29N3O3S/c1-13(2)20(4)8-15-7-18(24-9-15)11-21(5-6-23-12-18)17(22)16-10-25-14(3)19-16/h10,13,15H,5-9,11-12H2,1-4H3. The van der Waals surface area contributed by atoms with E-state index in [1.54, 1.807) is 0 Å². The van der Waals surface area contributed by atoms with Gasteiger partial charge in [0.2, 0.25) is 0 Å². The van der Waals surface area contributed by atoms with Crippen LogP contribution in [0.2, 0.25) is 0 Å². The van der Waals surface area contributed by atoms with E-state index < -0.39 is 0 Å². The molecule has 1 spiro atoms. The van der Waals surface area contributed by atoms with E-state index in [1.807, 2.05) is 17.2 Å². The van der Waals surface area contributed by atoms with Gasteiger partial charge in [0.15, 0.2) is 0 Å². The Morgan fingerprint density at radius 2 is 2.36 bits per heavy atom. The molecule has 0 N–H and O–H groups in total. The first-order valence-electron chi connectivity index (χ1n) is 9.02. The van der Waals surface area contributed by atoms with Gasteiger partial charge in [-0.2, -0.15) is 0 Å². The number of aryl methyl sites for hydroxylation is 1. The minimum Gasteiger partial charge on any atom is -0.377 e. The number of hydrogen-bond acceptors (Lipinski definition) is 6. The molecule has 2 aliphatic rings. The van der Waals surface area contributed by atoms with Crippen molar-refractivity contribution in [2.45, 2.75) is 38.8 Å². The van der Waals surface area contributed by atoms with Crippen LogP contribution in [0.15, 0.2) is 5.38 Å². The molecule has 1 aromatic heterocycles. The molecule has 2 unspecified atom stereocenters. The van der Waals surface area contributed by atoms with E-state index in [9.17, 15) is 4.79 Å². The lowest BCUT2D eigenvalue weighted by atomic mass is 9.93. The minimum atomic E-state index is -0.375. The van der Waals surface area contributed by atoms with Crippen LogP contribution in [-0.2, 0) is 9.47 Å². The van der Waals surface area contributed by atoms with Crippen LogP contribution in [-0.4, -0.2) is 78.8 Å². The zero-order valence-corrected chi connectivity index (χ0v) is 16.5. The van der Waals surface area contributed by atoms with Gasteiger partial charge in [-0.25, -0.2) is 4.98 Å². The fraction of sp³-hybridized carbons (Fsp3) is 0.778. The van der Waals surface area contributed by atoms with Crippen LogP contribution >= 0.6 is 11.3 Å². The molecule has 0 aromatic carbocycles. The van der Waals surface area contributed by atoms with Crippen molar-refractivity contribution in [3.05, 3.63) is 16.1 Å². The summed E-state index contributed by atoms with van der Waals surface area (Å²) in [6, 6.07) is 0.521. The molecule has 7 heteroatoms. The highest BCUT2D eigenvalue weighted by molar-refractivity contribution is 7.09. The third-order valence-corrected chi connectivity index (χ3v) is 5.96. The minimum absolute atomic E-state index is 0.0134. The molecule has 0 aliphatic carbocycles. The van der Waals surface area contributed by atoms with Crippen LogP contribution in [0.5, 0.6) is 0 Å². The third-order valence-electron chi connectivity index (χ3n) is 5.19. The summed E-state index contributed by atoms with van der Waals surface area (Å²) in [5.74, 6) is 0.466. The average Bonchev–Trinajstić information content (AvgIpc) is 3.10. The van der Waals surface area contributed by atoms with Gasteiger partial charge in [-0.1, -0.05) is 0 Å². The second-order valence-corrected chi connectivity index (χ2v) is 8.69. The number of carbonyl (C=O) groups is 1. The number of hydrogen-bond donors (Lipinski definition) is 0. The Labute approximate surface area is 154 Å². The topological polar surface area (TPSA) is 54.9 Å². The zero-order valence-electron chi connectivity index (χ0n) is 15.7. The predicted molar refractivity (Wildman–Crippen MR) is 98.1 cm³/mol. The van der Waals surface area contributed by atoms with Gasteiger partial charge in [0.1, 0.15) is 11.3 Å². The molecule has 6 nitrogen and oxygen atoms in total. The maximum absolute atomic E-state index is 12.8. The highest BCUT2D eigenvalue weighted by Crippen LogP contribution is 2.33. The Bertz CT molecular complexity index is 606. The Morgan fingerprint density at radius 3 is 3.04 bits per heavy atom. The van der Waals surface area contributed by atoms with E-state index in [0.29, 0.717) is 44.0 Å². The number of thiazole rings is 1. The lowest BCUT2D eigenvalue weighted by molar-refractivity contribution is -0.0539. The van der Waals surface area contributed by atoms with Gasteiger partial charge in [-0.15, -0.1) is 11.3 Å². The highest BCUT2D eigenvalue weighted by atomic mass is 32.1. The summed E-state index contributed by atoms with van der Waals surface area (Å²) in [6.45, 7) is 10.4. The molecular weight excluding hydrogens is 338 g/mol. The van der Waals surface area contributed by atoms with E-state index in [0.717, 1.165) is 24.6 Å². The lowest BCUT2D eigenvalue weighted by Crippen LogP contribution is -2.46. The molecule has 0 saturated carbocycles. The fourth-order valence-corrected chi connectivity index (χ4v) is 4.17. The molecule has 0 bridgehead atoms. The van der Waals surface area contributed by atoms with Crippen LogP contribution in [0.1, 0.15) is 35.8 Å². The van der Waals surface area contributed by atoms with Crippen LogP contribution in [0, 0.1) is 12.8 Å². The van der Waals surface area contributed by atoms with Crippen molar-refractivity contribution in [3.8, 4) is 0 Å². The fourth-order valence-electron chi connectivity index (χ4n) is 3.59. The van der Waals surface area contributed by atoms with Crippen LogP contribution in [0.3, 0.4) is 0 Å². The van der Waals surface area contributed by atoms with E-state index in [-0.39, 0.29) is 11.5 Å². The van der Waals surface area contributed by atoms with Crippen molar-refractivity contribution in [2.24, 2.45) is 5.92 Å².